The number of aromatic nitrogens is 4. The van der Waals surface area contributed by atoms with Crippen molar-refractivity contribution in [3.63, 3.8) is 0 Å². The molecule has 5 rings (SSSR count). The maximum absolute atomic E-state index is 13.4. The SMILES string of the molecule is CC(C)C(NC(=O)c1oc2ccccc2c1CSc1ncccn1)c1nc(C2CC2)no1. The van der Waals surface area contributed by atoms with E-state index < -0.39 is 6.04 Å². The van der Waals surface area contributed by atoms with E-state index in [9.17, 15) is 4.79 Å². The van der Waals surface area contributed by atoms with Crippen LogP contribution in [0.1, 0.15) is 66.5 Å². The molecule has 0 saturated heterocycles. The molecule has 4 aromatic rings. The fourth-order valence-corrected chi connectivity index (χ4v) is 4.35. The molecule has 0 radical (unpaired) electrons. The van der Waals surface area contributed by atoms with Crippen molar-refractivity contribution in [1.29, 1.82) is 0 Å². The van der Waals surface area contributed by atoms with Crippen LogP contribution in [-0.4, -0.2) is 26.0 Å². The van der Waals surface area contributed by atoms with Crippen LogP contribution < -0.4 is 5.32 Å². The Balaban J connectivity index is 1.42. The Morgan fingerprint density at radius 2 is 1.97 bits per heavy atom. The summed E-state index contributed by atoms with van der Waals surface area (Å²) < 4.78 is 11.5. The van der Waals surface area contributed by atoms with Gasteiger partial charge in [0, 0.05) is 35.0 Å². The average Bonchev–Trinajstić information content (AvgIpc) is 3.42. The first-order valence-electron chi connectivity index (χ1n) is 10.6. The molecular formula is C23H23N5O3S. The van der Waals surface area contributed by atoms with Gasteiger partial charge in [-0.15, -0.1) is 0 Å². The number of nitrogens with zero attached hydrogens (tertiary/aromatic N) is 4. The van der Waals surface area contributed by atoms with E-state index in [4.69, 9.17) is 8.94 Å². The van der Waals surface area contributed by atoms with Gasteiger partial charge in [-0.3, -0.25) is 4.79 Å². The third-order valence-corrected chi connectivity index (χ3v) is 6.31. The van der Waals surface area contributed by atoms with Crippen LogP contribution in [0.5, 0.6) is 0 Å². The van der Waals surface area contributed by atoms with E-state index in [0.717, 1.165) is 29.6 Å². The first-order chi connectivity index (χ1) is 15.6. The lowest BCUT2D eigenvalue weighted by Gasteiger charge is -2.18. The van der Waals surface area contributed by atoms with Crippen molar-refractivity contribution >= 4 is 28.6 Å². The van der Waals surface area contributed by atoms with E-state index in [1.54, 1.807) is 18.5 Å². The monoisotopic (exact) mass is 449 g/mol. The van der Waals surface area contributed by atoms with Gasteiger partial charge in [0.2, 0.25) is 5.89 Å². The zero-order chi connectivity index (χ0) is 22.1. The summed E-state index contributed by atoms with van der Waals surface area (Å²) in [5.41, 5.74) is 1.47. The van der Waals surface area contributed by atoms with E-state index in [2.05, 4.69) is 25.4 Å². The van der Waals surface area contributed by atoms with Crippen LogP contribution >= 0.6 is 11.8 Å². The summed E-state index contributed by atoms with van der Waals surface area (Å²) in [5.74, 6) is 2.07. The number of amides is 1. The smallest absolute Gasteiger partial charge is 0.288 e. The number of carbonyl (C=O) groups is 1. The molecule has 3 heterocycles. The third-order valence-electron chi connectivity index (χ3n) is 5.41. The average molecular weight is 450 g/mol. The van der Waals surface area contributed by atoms with Crippen LogP contribution in [0, 0.1) is 5.92 Å². The highest BCUT2D eigenvalue weighted by Crippen LogP contribution is 2.39. The lowest BCUT2D eigenvalue weighted by molar-refractivity contribution is 0.0887. The Morgan fingerprint density at radius 3 is 2.72 bits per heavy atom. The highest BCUT2D eigenvalue weighted by Gasteiger charge is 2.32. The predicted molar refractivity (Wildman–Crippen MR) is 119 cm³/mol. The molecule has 32 heavy (non-hydrogen) atoms. The van der Waals surface area contributed by atoms with Crippen LogP contribution in [-0.2, 0) is 5.75 Å². The number of carbonyl (C=O) groups excluding carboxylic acids is 1. The van der Waals surface area contributed by atoms with Crippen molar-refractivity contribution in [3.8, 4) is 0 Å². The second-order valence-electron chi connectivity index (χ2n) is 8.19. The van der Waals surface area contributed by atoms with Gasteiger partial charge in [-0.2, -0.15) is 4.98 Å². The minimum Gasteiger partial charge on any atom is -0.451 e. The van der Waals surface area contributed by atoms with Gasteiger partial charge in [0.15, 0.2) is 16.7 Å². The second kappa shape index (κ2) is 8.74. The maximum Gasteiger partial charge on any atom is 0.288 e. The fourth-order valence-electron chi connectivity index (χ4n) is 3.52. The van der Waals surface area contributed by atoms with Crippen molar-refractivity contribution in [2.45, 2.75) is 49.6 Å². The van der Waals surface area contributed by atoms with Gasteiger partial charge in [0.1, 0.15) is 11.6 Å². The van der Waals surface area contributed by atoms with Gasteiger partial charge >= 0.3 is 0 Å². The van der Waals surface area contributed by atoms with Gasteiger partial charge < -0.3 is 14.3 Å². The number of thioether (sulfide) groups is 1. The molecule has 0 aliphatic heterocycles. The van der Waals surface area contributed by atoms with Crippen LogP contribution in [0.3, 0.4) is 0 Å². The number of para-hydroxylation sites is 1. The molecule has 1 unspecified atom stereocenters. The number of benzene rings is 1. The number of hydrogen-bond donors (Lipinski definition) is 1. The molecule has 0 spiro atoms. The molecule has 1 aromatic carbocycles. The standard InChI is InChI=1S/C23H23N5O3S/c1-13(2)18(22-27-20(28-31-22)14-8-9-14)26-21(29)19-16(12-32-23-24-10-5-11-25-23)15-6-3-4-7-17(15)30-19/h3-7,10-11,13-14,18H,8-9,12H2,1-2H3,(H,26,29). The molecule has 164 valence electrons. The van der Waals surface area contributed by atoms with E-state index in [1.165, 1.54) is 11.8 Å². The number of fused-ring (bicyclic) bond motifs is 1. The first-order valence-corrected chi connectivity index (χ1v) is 11.6. The Labute approximate surface area is 189 Å². The zero-order valence-corrected chi connectivity index (χ0v) is 18.6. The van der Waals surface area contributed by atoms with Crippen molar-refractivity contribution in [2.75, 3.05) is 0 Å². The van der Waals surface area contributed by atoms with Crippen LogP contribution in [0.25, 0.3) is 11.0 Å². The summed E-state index contributed by atoms with van der Waals surface area (Å²) in [7, 11) is 0. The zero-order valence-electron chi connectivity index (χ0n) is 17.8. The van der Waals surface area contributed by atoms with Gasteiger partial charge in [-0.05, 0) is 30.9 Å². The molecule has 0 bridgehead atoms. The van der Waals surface area contributed by atoms with E-state index in [0.29, 0.717) is 28.3 Å². The molecule has 1 aliphatic rings. The van der Waals surface area contributed by atoms with Crippen molar-refractivity contribution < 1.29 is 13.7 Å². The number of nitrogens with one attached hydrogen (secondary N) is 1. The summed E-state index contributed by atoms with van der Waals surface area (Å²) >= 11 is 1.46. The molecule has 1 atom stereocenters. The molecule has 9 heteroatoms. The molecule has 1 amide bonds. The molecule has 3 aromatic heterocycles. The topological polar surface area (TPSA) is 107 Å². The predicted octanol–water partition coefficient (Wildman–Crippen LogP) is 4.90. The minimum atomic E-state index is -0.409. The quantitative estimate of drug-likeness (QED) is 0.299. The third kappa shape index (κ3) is 4.25. The molecule has 1 N–H and O–H groups in total. The second-order valence-corrected chi connectivity index (χ2v) is 9.13. The summed E-state index contributed by atoms with van der Waals surface area (Å²) in [6, 6.07) is 9.00. The number of hydrogen-bond acceptors (Lipinski definition) is 8. The summed E-state index contributed by atoms with van der Waals surface area (Å²) in [6.07, 6.45) is 5.57. The summed E-state index contributed by atoms with van der Waals surface area (Å²) in [4.78, 5) is 26.4. The van der Waals surface area contributed by atoms with E-state index in [-0.39, 0.29) is 17.6 Å². The van der Waals surface area contributed by atoms with Gasteiger partial charge in [-0.1, -0.05) is 49.0 Å². The normalized spacial score (nSPS) is 14.7. The number of rotatable bonds is 8. The number of furan rings is 1. The van der Waals surface area contributed by atoms with Gasteiger partial charge in [-0.25, -0.2) is 9.97 Å². The first kappa shape index (κ1) is 20.7. The van der Waals surface area contributed by atoms with Gasteiger partial charge in [0.25, 0.3) is 5.91 Å². The Kier molecular flexibility index (Phi) is 5.65. The van der Waals surface area contributed by atoms with Crippen molar-refractivity contribution in [2.24, 2.45) is 5.92 Å². The van der Waals surface area contributed by atoms with Crippen molar-refractivity contribution in [1.82, 2.24) is 25.4 Å². The molecule has 1 fully saturated rings. The maximum atomic E-state index is 13.4. The Hall–Kier alpha value is -3.20. The lowest BCUT2D eigenvalue weighted by atomic mass is 10.0. The Bertz CT molecular complexity index is 1230. The highest BCUT2D eigenvalue weighted by molar-refractivity contribution is 7.98. The molecule has 1 aliphatic carbocycles. The lowest BCUT2D eigenvalue weighted by Crippen LogP contribution is -2.32. The molecular weight excluding hydrogens is 426 g/mol. The van der Waals surface area contributed by atoms with Crippen molar-refractivity contribution in [3.05, 3.63) is 65.8 Å². The van der Waals surface area contributed by atoms with Gasteiger partial charge in [0.05, 0.1) is 0 Å². The molecule has 8 nitrogen and oxygen atoms in total. The Morgan fingerprint density at radius 1 is 1.19 bits per heavy atom. The van der Waals surface area contributed by atoms with Crippen LogP contribution in [0.4, 0.5) is 0 Å². The van der Waals surface area contributed by atoms with Crippen LogP contribution in [0.2, 0.25) is 0 Å². The summed E-state index contributed by atoms with van der Waals surface area (Å²) in [5, 5.41) is 8.69. The molecule has 1 saturated carbocycles. The van der Waals surface area contributed by atoms with E-state index >= 15 is 0 Å². The summed E-state index contributed by atoms with van der Waals surface area (Å²) in [6.45, 7) is 4.02. The largest absolute Gasteiger partial charge is 0.451 e. The highest BCUT2D eigenvalue weighted by atomic mass is 32.2. The van der Waals surface area contributed by atoms with Crippen LogP contribution in [0.15, 0.2) is 56.8 Å². The minimum absolute atomic E-state index is 0.0615. The van der Waals surface area contributed by atoms with E-state index in [1.807, 2.05) is 38.1 Å². The fraction of sp³-hybridized carbons (Fsp3) is 0.348.